The van der Waals surface area contributed by atoms with E-state index in [2.05, 4.69) is 49.7 Å². The number of thiazole rings is 1. The molecule has 0 radical (unpaired) electrons. The van der Waals surface area contributed by atoms with E-state index < -0.39 is 5.92 Å². The fourth-order valence-electron chi connectivity index (χ4n) is 4.94. The zero-order valence-corrected chi connectivity index (χ0v) is 25.9. The van der Waals surface area contributed by atoms with E-state index in [-0.39, 0.29) is 29.9 Å². The molecule has 2 aromatic carbocycles. The first kappa shape index (κ1) is 32.4. The number of hydrogen-bond acceptors (Lipinski definition) is 6. The van der Waals surface area contributed by atoms with Gasteiger partial charge in [0.25, 0.3) is 0 Å². The van der Waals surface area contributed by atoms with E-state index >= 15 is 0 Å². The zero-order chi connectivity index (χ0) is 29.8. The van der Waals surface area contributed by atoms with E-state index in [1.165, 1.54) is 5.56 Å². The van der Waals surface area contributed by atoms with Crippen LogP contribution in [0.1, 0.15) is 69.5 Å². The summed E-state index contributed by atoms with van der Waals surface area (Å²) >= 11 is 1.59. The molecule has 0 aliphatic carbocycles. The highest BCUT2D eigenvalue weighted by molar-refractivity contribution is 7.18. The Kier molecular flexibility index (Phi) is 12.9. The van der Waals surface area contributed by atoms with E-state index in [0.29, 0.717) is 44.2 Å². The largest absolute Gasteiger partial charge is 0.353 e. The Labute approximate surface area is 249 Å². The number of Topliss-reactive ketones (excluding diaryl/α,β-unsaturated/α-hetero) is 2. The maximum atomic E-state index is 13.7. The maximum absolute atomic E-state index is 13.7. The lowest BCUT2D eigenvalue weighted by Crippen LogP contribution is -2.42. The minimum atomic E-state index is -0.514. The third-order valence-electron chi connectivity index (χ3n) is 7.66. The normalized spacial score (nSPS) is 12.8. The van der Waals surface area contributed by atoms with Crippen molar-refractivity contribution in [1.82, 2.24) is 15.2 Å². The monoisotopic (exact) mass is 575 g/mol. The van der Waals surface area contributed by atoms with Crippen molar-refractivity contribution in [3.63, 3.8) is 0 Å². The summed E-state index contributed by atoms with van der Waals surface area (Å²) in [5, 5.41) is 4.08. The van der Waals surface area contributed by atoms with Gasteiger partial charge < -0.3 is 5.32 Å². The predicted molar refractivity (Wildman–Crippen MR) is 169 cm³/mol. The summed E-state index contributed by atoms with van der Waals surface area (Å²) in [6.45, 7) is 14.4. The third-order valence-corrected chi connectivity index (χ3v) is 8.70. The summed E-state index contributed by atoms with van der Waals surface area (Å²) in [4.78, 5) is 46.1. The number of amides is 1. The van der Waals surface area contributed by atoms with E-state index in [0.717, 1.165) is 40.3 Å². The Morgan fingerprint density at radius 2 is 1.71 bits per heavy atom. The molecule has 3 aromatic rings. The second-order valence-electron chi connectivity index (χ2n) is 10.7. The van der Waals surface area contributed by atoms with Gasteiger partial charge in [-0.05, 0) is 55.6 Å². The number of ketones is 2. The molecule has 0 unspecified atom stereocenters. The summed E-state index contributed by atoms with van der Waals surface area (Å²) in [6, 6.07) is 16.0. The van der Waals surface area contributed by atoms with Crippen molar-refractivity contribution < 1.29 is 14.4 Å². The molecule has 0 fully saturated rings. The molecule has 0 aliphatic heterocycles. The van der Waals surface area contributed by atoms with Crippen molar-refractivity contribution in [1.29, 1.82) is 0 Å². The van der Waals surface area contributed by atoms with Crippen LogP contribution in [-0.2, 0) is 33.6 Å². The summed E-state index contributed by atoms with van der Waals surface area (Å²) in [6.07, 6.45) is 3.36. The Morgan fingerprint density at radius 3 is 2.37 bits per heavy atom. The molecule has 0 spiro atoms. The number of carbonyl (C=O) groups is 3. The van der Waals surface area contributed by atoms with Gasteiger partial charge in [0.05, 0.1) is 21.1 Å². The molecule has 0 bridgehead atoms. The molecule has 2 atom stereocenters. The second-order valence-corrected chi connectivity index (χ2v) is 11.8. The number of benzene rings is 2. The molecule has 0 saturated carbocycles. The average Bonchev–Trinajstić information content (AvgIpc) is 3.39. The lowest BCUT2D eigenvalue weighted by atomic mass is 9.94. The Morgan fingerprint density at radius 1 is 0.976 bits per heavy atom. The van der Waals surface area contributed by atoms with Gasteiger partial charge in [0.1, 0.15) is 5.78 Å². The number of hydrogen-bond donors (Lipinski definition) is 1. The first-order valence-corrected chi connectivity index (χ1v) is 15.7. The first-order valence-electron chi connectivity index (χ1n) is 14.9. The highest BCUT2D eigenvalue weighted by atomic mass is 32.1. The summed E-state index contributed by atoms with van der Waals surface area (Å²) < 4.78 is 1.10. The third kappa shape index (κ3) is 10.0. The quantitative estimate of drug-likeness (QED) is 0.179. The van der Waals surface area contributed by atoms with E-state index in [1.807, 2.05) is 43.3 Å². The highest BCUT2D eigenvalue weighted by Crippen LogP contribution is 2.27. The minimum Gasteiger partial charge on any atom is -0.353 e. The summed E-state index contributed by atoms with van der Waals surface area (Å²) in [5.74, 6) is -0.583. The number of carbonyl (C=O) groups excluding carboxylic acids is 3. The molecular weight excluding hydrogens is 530 g/mol. The van der Waals surface area contributed by atoms with Gasteiger partial charge in [0.15, 0.2) is 5.78 Å². The molecule has 1 amide bonds. The van der Waals surface area contributed by atoms with Gasteiger partial charge in [-0.3, -0.25) is 19.3 Å². The fourth-order valence-corrected chi connectivity index (χ4v) is 6.05. The molecular formula is C34H45N3O3S. The Balaban J connectivity index is 1.75. The second kappa shape index (κ2) is 16.3. The molecule has 41 heavy (non-hydrogen) atoms. The first-order chi connectivity index (χ1) is 19.8. The van der Waals surface area contributed by atoms with E-state index in [4.69, 9.17) is 4.98 Å². The predicted octanol–water partition coefficient (Wildman–Crippen LogP) is 6.36. The highest BCUT2D eigenvalue weighted by Gasteiger charge is 2.26. The number of aryl methyl sites for hydroxylation is 1. The molecule has 0 aliphatic rings. The van der Waals surface area contributed by atoms with Crippen LogP contribution in [0.15, 0.2) is 60.7 Å². The van der Waals surface area contributed by atoms with Crippen molar-refractivity contribution in [2.45, 2.75) is 78.7 Å². The molecule has 1 heterocycles. The number of nitrogens with one attached hydrogen (secondary N) is 1. The van der Waals surface area contributed by atoms with Gasteiger partial charge in [-0.2, -0.15) is 0 Å². The molecule has 7 heteroatoms. The Hall–Kier alpha value is -3.16. The molecule has 0 saturated heterocycles. The van der Waals surface area contributed by atoms with Crippen LogP contribution < -0.4 is 5.32 Å². The zero-order valence-electron chi connectivity index (χ0n) is 25.1. The SMILES string of the molecule is C=C(CN(CC)CC)C(=O)CC[C@H](Cc1ccccc1)NC(=O)[C@@H](CC(=O)CC)Cc1nc2ccc(CC)cc2s1. The van der Waals surface area contributed by atoms with Crippen molar-refractivity contribution in [3.05, 3.63) is 76.8 Å². The van der Waals surface area contributed by atoms with Crippen molar-refractivity contribution in [3.8, 4) is 0 Å². The van der Waals surface area contributed by atoms with Crippen LogP contribution in [0.3, 0.4) is 0 Å². The van der Waals surface area contributed by atoms with E-state index in [1.54, 1.807) is 11.3 Å². The van der Waals surface area contributed by atoms with Crippen molar-refractivity contribution >= 4 is 39.0 Å². The van der Waals surface area contributed by atoms with Crippen LogP contribution >= 0.6 is 11.3 Å². The number of aromatic nitrogens is 1. The van der Waals surface area contributed by atoms with Gasteiger partial charge in [-0.25, -0.2) is 4.98 Å². The maximum Gasteiger partial charge on any atom is 0.224 e. The van der Waals surface area contributed by atoms with Crippen LogP contribution in [0.2, 0.25) is 0 Å². The molecule has 6 nitrogen and oxygen atoms in total. The minimum absolute atomic E-state index is 0.0304. The number of likely N-dealkylation sites (N-methyl/N-ethyl adjacent to an activating group) is 1. The van der Waals surface area contributed by atoms with Crippen LogP contribution in [0.5, 0.6) is 0 Å². The van der Waals surface area contributed by atoms with Crippen LogP contribution in [-0.4, -0.2) is 53.0 Å². The van der Waals surface area contributed by atoms with Crippen molar-refractivity contribution in [2.75, 3.05) is 19.6 Å². The summed E-state index contributed by atoms with van der Waals surface area (Å²) in [5.41, 5.74) is 3.87. The lowest BCUT2D eigenvalue weighted by molar-refractivity contribution is -0.130. The topological polar surface area (TPSA) is 79.4 Å². The number of fused-ring (bicyclic) bond motifs is 1. The lowest BCUT2D eigenvalue weighted by Gasteiger charge is -2.23. The van der Waals surface area contributed by atoms with E-state index in [9.17, 15) is 14.4 Å². The fraction of sp³-hybridized carbons (Fsp3) is 0.471. The average molecular weight is 576 g/mol. The number of nitrogens with zero attached hydrogens (tertiary/aromatic N) is 2. The summed E-state index contributed by atoms with van der Waals surface area (Å²) in [7, 11) is 0. The number of rotatable bonds is 18. The molecule has 1 N–H and O–H groups in total. The van der Waals surface area contributed by atoms with Gasteiger partial charge >= 0.3 is 0 Å². The van der Waals surface area contributed by atoms with Gasteiger partial charge in [0, 0.05) is 43.8 Å². The standard InChI is InChI=1S/C34H45N3O3S/c1-6-25-15-17-30-32(20-25)41-33(36-30)22-27(21-29(38)7-2)34(40)35-28(19-26-13-11-10-12-14-26)16-18-31(39)24(5)23-37(8-3)9-4/h10-15,17,20,27-28H,5-9,16,18-19,21-23H2,1-4H3,(H,35,40)/t27-,28+/m0/s1. The van der Waals surface area contributed by atoms with Crippen molar-refractivity contribution in [2.24, 2.45) is 5.92 Å². The molecule has 1 aromatic heterocycles. The van der Waals surface area contributed by atoms with Gasteiger partial charge in [-0.1, -0.05) is 70.7 Å². The van der Waals surface area contributed by atoms with Crippen LogP contribution in [0.4, 0.5) is 0 Å². The molecule has 220 valence electrons. The van der Waals surface area contributed by atoms with Crippen LogP contribution in [0, 0.1) is 5.92 Å². The van der Waals surface area contributed by atoms with Crippen LogP contribution in [0.25, 0.3) is 10.2 Å². The smallest absolute Gasteiger partial charge is 0.224 e. The van der Waals surface area contributed by atoms with Gasteiger partial charge in [0.2, 0.25) is 5.91 Å². The molecule has 3 rings (SSSR count). The van der Waals surface area contributed by atoms with Gasteiger partial charge in [-0.15, -0.1) is 11.3 Å². The Bertz CT molecular complexity index is 1310.